The highest BCUT2D eigenvalue weighted by Crippen LogP contribution is 2.37. The number of rotatable bonds is 9. The molecule has 0 spiro atoms. The Balaban J connectivity index is 2.16. The molecule has 0 aromatic heterocycles. The SMILES string of the molecule is NCc1cc(CN)c(N2CCN(c3c(CN)cc(CN)cc3CN)C2C(=O)O)c(CN)c1. The lowest BCUT2D eigenvalue weighted by atomic mass is 10.00. The van der Waals surface area contributed by atoms with E-state index >= 15 is 0 Å². The monoisotopic (exact) mass is 442 g/mol. The quantitative estimate of drug-likeness (QED) is 0.257. The van der Waals surface area contributed by atoms with E-state index in [1.807, 2.05) is 34.1 Å². The third kappa shape index (κ3) is 4.29. The molecule has 13 N–H and O–H groups in total. The topological polar surface area (TPSA) is 200 Å². The van der Waals surface area contributed by atoms with Crippen LogP contribution in [-0.4, -0.2) is 30.3 Å². The zero-order valence-electron chi connectivity index (χ0n) is 18.3. The molecule has 10 nitrogen and oxygen atoms in total. The Labute approximate surface area is 188 Å². The summed E-state index contributed by atoms with van der Waals surface area (Å²) in [6.07, 6.45) is -0.964. The Morgan fingerprint density at radius 1 is 0.688 bits per heavy atom. The molecule has 174 valence electrons. The predicted octanol–water partition coefficient (Wildman–Crippen LogP) is -0.824. The molecule has 1 aliphatic heterocycles. The second-order valence-electron chi connectivity index (χ2n) is 7.85. The zero-order valence-corrected chi connectivity index (χ0v) is 18.3. The summed E-state index contributed by atoms with van der Waals surface area (Å²) in [6, 6.07) is 7.68. The van der Waals surface area contributed by atoms with Crippen LogP contribution < -0.4 is 44.2 Å². The Morgan fingerprint density at radius 3 is 1.22 bits per heavy atom. The smallest absolute Gasteiger partial charge is 0.347 e. The summed E-state index contributed by atoms with van der Waals surface area (Å²) in [5.74, 6) is -0.981. The zero-order chi connectivity index (χ0) is 23.4. The number of anilines is 2. The fraction of sp³-hybridized carbons (Fsp3) is 0.409. The fourth-order valence-electron chi connectivity index (χ4n) is 4.62. The normalized spacial score (nSPS) is 14.4. The summed E-state index contributed by atoms with van der Waals surface area (Å²) in [5, 5.41) is 10.3. The van der Waals surface area contributed by atoms with Gasteiger partial charge in [0.25, 0.3) is 0 Å². The number of nitrogens with two attached hydrogens (primary N) is 6. The van der Waals surface area contributed by atoms with E-state index in [-0.39, 0.29) is 26.2 Å². The third-order valence-electron chi connectivity index (χ3n) is 5.97. The number of benzene rings is 2. The molecule has 2 aromatic rings. The Kier molecular flexibility index (Phi) is 7.67. The van der Waals surface area contributed by atoms with Crippen molar-refractivity contribution in [2.75, 3.05) is 22.9 Å². The Morgan fingerprint density at radius 2 is 1.00 bits per heavy atom. The van der Waals surface area contributed by atoms with Gasteiger partial charge in [-0.3, -0.25) is 0 Å². The van der Waals surface area contributed by atoms with E-state index < -0.39 is 12.1 Å². The lowest BCUT2D eigenvalue weighted by molar-refractivity contribution is -0.138. The number of aliphatic carboxylic acids is 1. The largest absolute Gasteiger partial charge is 0.478 e. The van der Waals surface area contributed by atoms with Crippen LogP contribution in [0.5, 0.6) is 0 Å². The summed E-state index contributed by atoms with van der Waals surface area (Å²) in [4.78, 5) is 16.3. The van der Waals surface area contributed by atoms with E-state index in [0.29, 0.717) is 26.2 Å². The first kappa shape index (κ1) is 23.9. The first-order valence-corrected chi connectivity index (χ1v) is 10.7. The van der Waals surface area contributed by atoms with Crippen molar-refractivity contribution in [3.63, 3.8) is 0 Å². The van der Waals surface area contributed by atoms with Crippen LogP contribution in [0, 0.1) is 0 Å². The molecule has 0 aliphatic carbocycles. The molecule has 1 heterocycles. The van der Waals surface area contributed by atoms with Crippen molar-refractivity contribution >= 4 is 17.3 Å². The van der Waals surface area contributed by atoms with Gasteiger partial charge >= 0.3 is 5.97 Å². The Bertz CT molecular complexity index is 859. The highest BCUT2D eigenvalue weighted by molar-refractivity contribution is 5.86. The lowest BCUT2D eigenvalue weighted by Gasteiger charge is -2.34. The molecule has 32 heavy (non-hydrogen) atoms. The molecule has 0 amide bonds. The molecule has 0 bridgehead atoms. The Hall–Kier alpha value is -2.73. The first-order valence-electron chi connectivity index (χ1n) is 10.7. The van der Waals surface area contributed by atoms with Crippen LogP contribution in [0.4, 0.5) is 11.4 Å². The van der Waals surface area contributed by atoms with Crippen LogP contribution >= 0.6 is 0 Å². The number of hydrogen-bond donors (Lipinski definition) is 7. The van der Waals surface area contributed by atoms with Crippen LogP contribution in [0.3, 0.4) is 0 Å². The maximum atomic E-state index is 12.6. The van der Waals surface area contributed by atoms with Gasteiger partial charge in [0, 0.05) is 63.7 Å². The summed E-state index contributed by atoms with van der Waals surface area (Å²) in [5.41, 5.74) is 42.4. The van der Waals surface area contributed by atoms with Crippen molar-refractivity contribution in [2.45, 2.75) is 45.4 Å². The minimum atomic E-state index is -0.981. The number of hydrogen-bond acceptors (Lipinski definition) is 9. The maximum Gasteiger partial charge on any atom is 0.347 e. The predicted molar refractivity (Wildman–Crippen MR) is 126 cm³/mol. The van der Waals surface area contributed by atoms with E-state index in [4.69, 9.17) is 34.4 Å². The van der Waals surface area contributed by atoms with Crippen molar-refractivity contribution < 1.29 is 9.90 Å². The second kappa shape index (κ2) is 10.3. The van der Waals surface area contributed by atoms with E-state index in [1.165, 1.54) is 0 Å². The molecular formula is C22H34N8O2. The second-order valence-corrected chi connectivity index (χ2v) is 7.85. The van der Waals surface area contributed by atoms with E-state index in [0.717, 1.165) is 44.8 Å². The van der Waals surface area contributed by atoms with E-state index in [2.05, 4.69) is 0 Å². The number of carboxylic acids is 1. The van der Waals surface area contributed by atoms with E-state index in [9.17, 15) is 9.90 Å². The van der Waals surface area contributed by atoms with Gasteiger partial charge in [0.2, 0.25) is 6.17 Å². The van der Waals surface area contributed by atoms with Gasteiger partial charge in [-0.15, -0.1) is 0 Å². The van der Waals surface area contributed by atoms with Crippen LogP contribution in [0.1, 0.15) is 33.4 Å². The molecule has 0 radical (unpaired) electrons. The van der Waals surface area contributed by atoms with Gasteiger partial charge in [0.05, 0.1) is 0 Å². The van der Waals surface area contributed by atoms with Crippen LogP contribution in [0.25, 0.3) is 0 Å². The number of carboxylic acid groups (broad SMARTS) is 1. The van der Waals surface area contributed by atoms with Crippen LogP contribution in [0.2, 0.25) is 0 Å². The van der Waals surface area contributed by atoms with Crippen molar-refractivity contribution in [3.05, 3.63) is 57.6 Å². The van der Waals surface area contributed by atoms with Gasteiger partial charge in [-0.1, -0.05) is 24.3 Å². The number of carbonyl (C=O) groups is 1. The molecule has 0 saturated carbocycles. The summed E-state index contributed by atoms with van der Waals surface area (Å²) in [7, 11) is 0. The van der Waals surface area contributed by atoms with Crippen LogP contribution in [-0.2, 0) is 44.1 Å². The van der Waals surface area contributed by atoms with E-state index in [1.54, 1.807) is 0 Å². The van der Waals surface area contributed by atoms with Gasteiger partial charge in [0.15, 0.2) is 0 Å². The van der Waals surface area contributed by atoms with Gasteiger partial charge in [-0.25, -0.2) is 4.79 Å². The molecule has 3 rings (SSSR count). The van der Waals surface area contributed by atoms with Gasteiger partial charge < -0.3 is 49.3 Å². The molecule has 1 aliphatic rings. The van der Waals surface area contributed by atoms with Crippen molar-refractivity contribution in [1.82, 2.24) is 0 Å². The average Bonchev–Trinajstić information content (AvgIpc) is 3.26. The minimum absolute atomic E-state index is 0.242. The minimum Gasteiger partial charge on any atom is -0.478 e. The summed E-state index contributed by atoms with van der Waals surface area (Å²) < 4.78 is 0. The lowest BCUT2D eigenvalue weighted by Crippen LogP contribution is -2.47. The van der Waals surface area contributed by atoms with Gasteiger partial charge in [-0.05, 0) is 33.4 Å². The van der Waals surface area contributed by atoms with Crippen LogP contribution in [0.15, 0.2) is 24.3 Å². The number of nitrogens with zero attached hydrogens (tertiary/aromatic N) is 2. The first-order chi connectivity index (χ1) is 15.4. The highest BCUT2D eigenvalue weighted by atomic mass is 16.4. The molecule has 1 saturated heterocycles. The fourth-order valence-corrected chi connectivity index (χ4v) is 4.62. The molecule has 1 fully saturated rings. The molecule has 2 aromatic carbocycles. The molecule has 10 heteroatoms. The summed E-state index contributed by atoms with van der Waals surface area (Å²) in [6.45, 7) is 2.62. The van der Waals surface area contributed by atoms with Gasteiger partial charge in [0.1, 0.15) is 0 Å². The van der Waals surface area contributed by atoms with Crippen molar-refractivity contribution in [1.29, 1.82) is 0 Å². The average molecular weight is 443 g/mol. The molecule has 0 unspecified atom stereocenters. The third-order valence-corrected chi connectivity index (χ3v) is 5.97. The van der Waals surface area contributed by atoms with Gasteiger partial charge in [-0.2, -0.15) is 0 Å². The molecule has 0 atom stereocenters. The molecular weight excluding hydrogens is 408 g/mol. The maximum absolute atomic E-state index is 12.6. The summed E-state index contributed by atoms with van der Waals surface area (Å²) >= 11 is 0. The van der Waals surface area contributed by atoms with Crippen molar-refractivity contribution in [3.8, 4) is 0 Å². The highest BCUT2D eigenvalue weighted by Gasteiger charge is 2.41. The standard InChI is InChI=1S/C22H34N8O2/c23-7-13-3-15(9-25)19(16(4-13)10-26)29-1-2-30(21(29)22(31)32)20-17(11-27)5-14(8-24)6-18(20)12-28/h3-6,21H,1-2,7-12,23-28H2,(H,31,32). The van der Waals surface area contributed by atoms with Crippen molar-refractivity contribution in [2.24, 2.45) is 34.4 Å².